The van der Waals surface area contributed by atoms with Gasteiger partial charge < -0.3 is 4.90 Å². The number of nitrogens with zero attached hydrogens (tertiary/aromatic N) is 7. The second-order valence-electron chi connectivity index (χ2n) is 8.43. The fourth-order valence-corrected chi connectivity index (χ4v) is 4.27. The first-order chi connectivity index (χ1) is 15.5. The Hall–Kier alpha value is -3.39. The average Bonchev–Trinajstić information content (AvgIpc) is 3.18. The average molecular weight is 432 g/mol. The molecular formula is C24H26FN7. The molecule has 164 valence electrons. The molecule has 8 heteroatoms. The van der Waals surface area contributed by atoms with Crippen LogP contribution in [0.15, 0.2) is 48.9 Å². The number of rotatable bonds is 4. The number of piperazine rings is 1. The topological polar surface area (TPSA) is 62.5 Å². The van der Waals surface area contributed by atoms with Gasteiger partial charge in [-0.15, -0.1) is 5.10 Å². The number of hydrogen-bond acceptors (Lipinski definition) is 6. The van der Waals surface area contributed by atoms with Crippen LogP contribution >= 0.6 is 0 Å². The van der Waals surface area contributed by atoms with Gasteiger partial charge >= 0.3 is 0 Å². The molecular weight excluding hydrogens is 405 g/mol. The Bertz CT molecular complexity index is 1260. The largest absolute Gasteiger partial charge is 0.353 e. The zero-order chi connectivity index (χ0) is 22.2. The van der Waals surface area contributed by atoms with Crippen LogP contribution in [-0.4, -0.2) is 61.7 Å². The molecule has 1 aliphatic heterocycles. The van der Waals surface area contributed by atoms with E-state index < -0.39 is 5.82 Å². The number of aryl methyl sites for hydroxylation is 1. The summed E-state index contributed by atoms with van der Waals surface area (Å²) in [7, 11) is 0. The predicted octanol–water partition coefficient (Wildman–Crippen LogP) is 3.83. The van der Waals surface area contributed by atoms with E-state index in [-0.39, 0.29) is 0 Å². The maximum absolute atomic E-state index is 14.7. The van der Waals surface area contributed by atoms with Gasteiger partial charge in [-0.3, -0.25) is 14.9 Å². The molecule has 0 spiro atoms. The van der Waals surface area contributed by atoms with Crippen LogP contribution < -0.4 is 4.90 Å². The van der Waals surface area contributed by atoms with Crippen molar-refractivity contribution >= 4 is 11.5 Å². The second-order valence-corrected chi connectivity index (χ2v) is 8.43. The van der Waals surface area contributed by atoms with Crippen molar-refractivity contribution in [3.8, 4) is 22.5 Å². The molecule has 1 saturated heterocycles. The standard InChI is InChI=1S/C24H26FN7/c1-16(2)30-10-12-31(13-11-30)22-5-4-21-28-23(19-7-8-26-15-20(19)25)24(32(21)29-22)18-6-9-27-17(3)14-18/h4-9,14-16H,10-13H2,1-3H3. The maximum Gasteiger partial charge on any atom is 0.155 e. The Balaban J connectivity index is 1.64. The lowest BCUT2D eigenvalue weighted by Crippen LogP contribution is -2.49. The van der Waals surface area contributed by atoms with Crippen molar-refractivity contribution in [3.63, 3.8) is 0 Å². The SMILES string of the molecule is Cc1cc(-c2c(-c3ccncc3F)nc3ccc(N4CCN(C(C)C)CC4)nn23)ccn1. The van der Waals surface area contributed by atoms with Gasteiger partial charge in [0, 0.05) is 61.4 Å². The minimum Gasteiger partial charge on any atom is -0.353 e. The Morgan fingerprint density at radius 1 is 1.00 bits per heavy atom. The summed E-state index contributed by atoms with van der Waals surface area (Å²) in [4.78, 5) is 17.7. The molecule has 4 aromatic heterocycles. The predicted molar refractivity (Wildman–Crippen MR) is 123 cm³/mol. The Kier molecular flexibility index (Phi) is 5.30. The number of aromatic nitrogens is 5. The van der Waals surface area contributed by atoms with Crippen LogP contribution in [0.2, 0.25) is 0 Å². The molecule has 0 saturated carbocycles. The van der Waals surface area contributed by atoms with Crippen LogP contribution in [0.5, 0.6) is 0 Å². The van der Waals surface area contributed by atoms with Gasteiger partial charge in [-0.25, -0.2) is 13.9 Å². The summed E-state index contributed by atoms with van der Waals surface area (Å²) in [5.41, 5.74) is 4.14. The highest BCUT2D eigenvalue weighted by Gasteiger charge is 2.23. The van der Waals surface area contributed by atoms with Crippen LogP contribution in [0.4, 0.5) is 10.2 Å². The highest BCUT2D eigenvalue weighted by molar-refractivity contribution is 5.82. The van der Waals surface area contributed by atoms with Crippen LogP contribution in [0.3, 0.4) is 0 Å². The zero-order valence-corrected chi connectivity index (χ0v) is 18.5. The molecule has 1 aliphatic rings. The fourth-order valence-electron chi connectivity index (χ4n) is 4.27. The summed E-state index contributed by atoms with van der Waals surface area (Å²) >= 11 is 0. The normalized spacial score (nSPS) is 15.1. The quantitative estimate of drug-likeness (QED) is 0.489. The van der Waals surface area contributed by atoms with Crippen molar-refractivity contribution < 1.29 is 4.39 Å². The molecule has 5 heterocycles. The van der Waals surface area contributed by atoms with Gasteiger partial charge in [-0.2, -0.15) is 0 Å². The molecule has 4 aromatic rings. The highest BCUT2D eigenvalue weighted by Crippen LogP contribution is 2.34. The molecule has 7 nitrogen and oxygen atoms in total. The van der Waals surface area contributed by atoms with Crippen LogP contribution in [0.1, 0.15) is 19.5 Å². The third-order valence-corrected chi connectivity index (χ3v) is 6.03. The van der Waals surface area contributed by atoms with E-state index in [0.29, 0.717) is 22.9 Å². The van der Waals surface area contributed by atoms with Crippen molar-refractivity contribution in [2.45, 2.75) is 26.8 Å². The number of fused-ring (bicyclic) bond motifs is 1. The van der Waals surface area contributed by atoms with Gasteiger partial charge in [0.05, 0.1) is 6.20 Å². The lowest BCUT2D eigenvalue weighted by molar-refractivity contribution is 0.209. The van der Waals surface area contributed by atoms with Gasteiger partial charge in [0.2, 0.25) is 0 Å². The Morgan fingerprint density at radius 2 is 1.81 bits per heavy atom. The zero-order valence-electron chi connectivity index (χ0n) is 18.5. The van der Waals surface area contributed by atoms with Crippen LogP contribution in [-0.2, 0) is 0 Å². The minimum atomic E-state index is -0.409. The molecule has 5 rings (SSSR count). The third kappa shape index (κ3) is 3.71. The smallest absolute Gasteiger partial charge is 0.155 e. The molecule has 0 aliphatic carbocycles. The molecule has 0 N–H and O–H groups in total. The van der Waals surface area contributed by atoms with E-state index >= 15 is 0 Å². The van der Waals surface area contributed by atoms with Crippen molar-refractivity contribution in [2.75, 3.05) is 31.1 Å². The van der Waals surface area contributed by atoms with E-state index in [1.807, 2.05) is 35.7 Å². The van der Waals surface area contributed by atoms with Crippen molar-refractivity contribution in [1.82, 2.24) is 29.5 Å². The molecule has 0 radical (unpaired) electrons. The number of pyridine rings is 2. The molecule has 0 atom stereocenters. The van der Waals surface area contributed by atoms with E-state index in [1.54, 1.807) is 18.5 Å². The van der Waals surface area contributed by atoms with E-state index in [4.69, 9.17) is 10.1 Å². The van der Waals surface area contributed by atoms with Crippen molar-refractivity contribution in [2.24, 2.45) is 0 Å². The summed E-state index contributed by atoms with van der Waals surface area (Å²) in [5, 5.41) is 4.95. The molecule has 32 heavy (non-hydrogen) atoms. The van der Waals surface area contributed by atoms with Crippen molar-refractivity contribution in [3.05, 3.63) is 60.4 Å². The summed E-state index contributed by atoms with van der Waals surface area (Å²) in [5.74, 6) is 0.486. The van der Waals surface area contributed by atoms with Crippen LogP contribution in [0.25, 0.3) is 28.2 Å². The number of hydrogen-bond donors (Lipinski definition) is 0. The van der Waals surface area contributed by atoms with Gasteiger partial charge in [0.15, 0.2) is 11.5 Å². The summed E-state index contributed by atoms with van der Waals surface area (Å²) in [6.45, 7) is 10.2. The molecule has 1 fully saturated rings. The molecule has 0 bridgehead atoms. The Morgan fingerprint density at radius 3 is 2.53 bits per heavy atom. The first-order valence-corrected chi connectivity index (χ1v) is 10.9. The molecule has 0 unspecified atom stereocenters. The minimum absolute atomic E-state index is 0.405. The molecule has 0 aromatic carbocycles. The maximum atomic E-state index is 14.7. The van der Waals surface area contributed by atoms with Gasteiger partial charge in [-0.05, 0) is 51.1 Å². The first kappa shape index (κ1) is 20.5. The van der Waals surface area contributed by atoms with E-state index in [0.717, 1.165) is 48.9 Å². The number of imidazole rings is 1. The summed E-state index contributed by atoms with van der Waals surface area (Å²) in [6.07, 6.45) is 4.55. The van der Waals surface area contributed by atoms with Gasteiger partial charge in [0.25, 0.3) is 0 Å². The van der Waals surface area contributed by atoms with Crippen molar-refractivity contribution in [1.29, 1.82) is 0 Å². The monoisotopic (exact) mass is 431 g/mol. The van der Waals surface area contributed by atoms with Crippen LogP contribution in [0, 0.1) is 12.7 Å². The number of anilines is 1. The van der Waals surface area contributed by atoms with Gasteiger partial charge in [0.1, 0.15) is 17.2 Å². The van der Waals surface area contributed by atoms with E-state index in [9.17, 15) is 4.39 Å². The first-order valence-electron chi connectivity index (χ1n) is 10.9. The third-order valence-electron chi connectivity index (χ3n) is 6.03. The fraction of sp³-hybridized carbons (Fsp3) is 0.333. The molecule has 0 amide bonds. The number of halogens is 1. The van der Waals surface area contributed by atoms with Gasteiger partial charge in [-0.1, -0.05) is 0 Å². The van der Waals surface area contributed by atoms with E-state index in [2.05, 4.69) is 33.6 Å². The summed E-state index contributed by atoms with van der Waals surface area (Å²) in [6, 6.07) is 10.0. The lowest BCUT2D eigenvalue weighted by atomic mass is 10.1. The highest BCUT2D eigenvalue weighted by atomic mass is 19.1. The second kappa shape index (κ2) is 8.27. The lowest BCUT2D eigenvalue weighted by Gasteiger charge is -2.37. The Labute approximate surface area is 186 Å². The van der Waals surface area contributed by atoms with E-state index in [1.165, 1.54) is 6.20 Å². The summed E-state index contributed by atoms with van der Waals surface area (Å²) < 4.78 is 16.5.